The predicted molar refractivity (Wildman–Crippen MR) is 71.0 cm³/mol. The summed E-state index contributed by atoms with van der Waals surface area (Å²) in [5.74, 6) is 1.16. The molecule has 1 saturated carbocycles. The van der Waals surface area contributed by atoms with Crippen LogP contribution in [0.5, 0.6) is 0 Å². The molecule has 1 N–H and O–H groups in total. The molecule has 0 bridgehead atoms. The summed E-state index contributed by atoms with van der Waals surface area (Å²) in [7, 11) is 0. The second-order valence-corrected chi connectivity index (χ2v) is 5.68. The second-order valence-electron chi connectivity index (χ2n) is 5.27. The van der Waals surface area contributed by atoms with Crippen LogP contribution >= 0.6 is 11.6 Å². The number of nitrogens with one attached hydrogen (secondary N) is 1. The second kappa shape index (κ2) is 5.26. The first kappa shape index (κ1) is 12.7. The first-order valence-corrected chi connectivity index (χ1v) is 6.65. The molecule has 0 spiro atoms. The molecule has 2 rings (SSSR count). The molecular weight excluding hydrogens is 237 g/mol. The first-order chi connectivity index (χ1) is 8.06. The quantitative estimate of drug-likeness (QED) is 0.807. The fourth-order valence-electron chi connectivity index (χ4n) is 2.69. The lowest BCUT2D eigenvalue weighted by Gasteiger charge is -2.34. The number of hydrogen-bond acceptors (Lipinski definition) is 1. The van der Waals surface area contributed by atoms with Gasteiger partial charge in [0.15, 0.2) is 0 Å². The van der Waals surface area contributed by atoms with Gasteiger partial charge < -0.3 is 5.32 Å². The Kier molecular flexibility index (Phi) is 3.93. The van der Waals surface area contributed by atoms with Crippen molar-refractivity contribution in [3.8, 4) is 0 Å². The van der Waals surface area contributed by atoms with Crippen molar-refractivity contribution in [3.63, 3.8) is 0 Å². The highest BCUT2D eigenvalue weighted by Gasteiger charge is 2.25. The van der Waals surface area contributed by atoms with Gasteiger partial charge in [0, 0.05) is 6.04 Å². The summed E-state index contributed by atoms with van der Waals surface area (Å²) in [6, 6.07) is 4.99. The number of rotatable bonds is 2. The van der Waals surface area contributed by atoms with E-state index in [9.17, 15) is 4.39 Å². The minimum Gasteiger partial charge on any atom is -0.381 e. The van der Waals surface area contributed by atoms with Crippen LogP contribution in [-0.4, -0.2) is 6.04 Å². The minimum atomic E-state index is -0.286. The van der Waals surface area contributed by atoms with Gasteiger partial charge in [0.05, 0.1) is 10.7 Å². The molecule has 0 aromatic heterocycles. The van der Waals surface area contributed by atoms with E-state index in [0.29, 0.717) is 17.0 Å². The van der Waals surface area contributed by atoms with E-state index < -0.39 is 0 Å². The SMILES string of the molecule is CC1CCC(Nc2ccc(F)cc2Cl)C(C)C1. The molecule has 3 unspecified atom stereocenters. The fourth-order valence-corrected chi connectivity index (χ4v) is 2.91. The van der Waals surface area contributed by atoms with Crippen LogP contribution < -0.4 is 5.32 Å². The molecule has 0 saturated heterocycles. The van der Waals surface area contributed by atoms with Crippen molar-refractivity contribution in [1.82, 2.24) is 0 Å². The van der Waals surface area contributed by atoms with Gasteiger partial charge in [-0.2, -0.15) is 0 Å². The molecule has 1 aromatic rings. The maximum Gasteiger partial charge on any atom is 0.124 e. The molecule has 0 heterocycles. The summed E-state index contributed by atoms with van der Waals surface area (Å²) >= 11 is 6.02. The Bertz CT molecular complexity index is 394. The number of halogens is 2. The normalized spacial score (nSPS) is 29.1. The first-order valence-electron chi connectivity index (χ1n) is 6.28. The van der Waals surface area contributed by atoms with Gasteiger partial charge >= 0.3 is 0 Å². The van der Waals surface area contributed by atoms with E-state index in [1.54, 1.807) is 6.07 Å². The van der Waals surface area contributed by atoms with Crippen LogP contribution in [0, 0.1) is 17.7 Å². The van der Waals surface area contributed by atoms with E-state index in [1.165, 1.54) is 25.0 Å². The van der Waals surface area contributed by atoms with E-state index in [-0.39, 0.29) is 5.82 Å². The predicted octanol–water partition coefficient (Wildman–Crippen LogP) is 4.72. The summed E-state index contributed by atoms with van der Waals surface area (Å²) in [6.07, 6.45) is 3.66. The van der Waals surface area contributed by atoms with Gasteiger partial charge in [-0.3, -0.25) is 0 Å². The van der Waals surface area contributed by atoms with Crippen molar-refractivity contribution in [2.24, 2.45) is 11.8 Å². The lowest BCUT2D eigenvalue weighted by molar-refractivity contribution is 0.276. The summed E-state index contributed by atoms with van der Waals surface area (Å²) in [6.45, 7) is 4.57. The molecular formula is C14H19ClFN. The molecule has 1 fully saturated rings. The smallest absolute Gasteiger partial charge is 0.124 e. The third kappa shape index (κ3) is 3.12. The Morgan fingerprint density at radius 3 is 2.71 bits per heavy atom. The zero-order valence-corrected chi connectivity index (χ0v) is 11.1. The van der Waals surface area contributed by atoms with E-state index in [4.69, 9.17) is 11.6 Å². The van der Waals surface area contributed by atoms with Crippen LogP contribution in [0.3, 0.4) is 0 Å². The molecule has 3 heteroatoms. The Morgan fingerprint density at radius 1 is 1.29 bits per heavy atom. The Morgan fingerprint density at radius 2 is 2.06 bits per heavy atom. The summed E-state index contributed by atoms with van der Waals surface area (Å²) in [5, 5.41) is 3.92. The highest BCUT2D eigenvalue weighted by Crippen LogP contribution is 2.32. The fraction of sp³-hybridized carbons (Fsp3) is 0.571. The van der Waals surface area contributed by atoms with Crippen molar-refractivity contribution >= 4 is 17.3 Å². The van der Waals surface area contributed by atoms with Crippen LogP contribution in [0.1, 0.15) is 33.1 Å². The Hall–Kier alpha value is -0.760. The molecule has 3 atom stereocenters. The molecule has 1 aromatic carbocycles. The standard InChI is InChI=1S/C14H19ClFN/c1-9-3-5-13(10(2)7-9)17-14-6-4-11(16)8-12(14)15/h4,6,8-10,13,17H,3,5,7H2,1-2H3. The highest BCUT2D eigenvalue weighted by molar-refractivity contribution is 6.33. The van der Waals surface area contributed by atoms with Crippen LogP contribution in [0.2, 0.25) is 5.02 Å². The van der Waals surface area contributed by atoms with Crippen LogP contribution in [0.4, 0.5) is 10.1 Å². The number of anilines is 1. The Labute approximate surface area is 107 Å². The minimum absolute atomic E-state index is 0.286. The zero-order chi connectivity index (χ0) is 12.4. The van der Waals surface area contributed by atoms with Crippen molar-refractivity contribution in [1.29, 1.82) is 0 Å². The summed E-state index contributed by atoms with van der Waals surface area (Å²) in [5.41, 5.74) is 0.847. The van der Waals surface area contributed by atoms with E-state index in [2.05, 4.69) is 19.2 Å². The van der Waals surface area contributed by atoms with Gasteiger partial charge in [0.25, 0.3) is 0 Å². The van der Waals surface area contributed by atoms with Crippen molar-refractivity contribution in [2.75, 3.05) is 5.32 Å². The maximum atomic E-state index is 12.9. The summed E-state index contributed by atoms with van der Waals surface area (Å²) in [4.78, 5) is 0. The van der Waals surface area contributed by atoms with Crippen LogP contribution in [0.25, 0.3) is 0 Å². The van der Waals surface area contributed by atoms with E-state index >= 15 is 0 Å². The molecule has 1 aliphatic rings. The van der Waals surface area contributed by atoms with Gasteiger partial charge in [0.1, 0.15) is 5.82 Å². The lowest BCUT2D eigenvalue weighted by Crippen LogP contribution is -2.33. The largest absolute Gasteiger partial charge is 0.381 e. The third-order valence-corrected chi connectivity index (χ3v) is 4.02. The number of hydrogen-bond donors (Lipinski definition) is 1. The molecule has 0 aliphatic heterocycles. The van der Waals surface area contributed by atoms with Crippen molar-refractivity contribution < 1.29 is 4.39 Å². The van der Waals surface area contributed by atoms with Crippen molar-refractivity contribution in [2.45, 2.75) is 39.2 Å². The van der Waals surface area contributed by atoms with Crippen LogP contribution in [-0.2, 0) is 0 Å². The van der Waals surface area contributed by atoms with E-state index in [1.807, 2.05) is 0 Å². The molecule has 1 aliphatic carbocycles. The summed E-state index contributed by atoms with van der Waals surface area (Å²) < 4.78 is 12.9. The van der Waals surface area contributed by atoms with Gasteiger partial charge in [-0.15, -0.1) is 0 Å². The average molecular weight is 256 g/mol. The van der Waals surface area contributed by atoms with Crippen molar-refractivity contribution in [3.05, 3.63) is 29.0 Å². The molecule has 0 radical (unpaired) electrons. The van der Waals surface area contributed by atoms with Gasteiger partial charge in [-0.25, -0.2) is 4.39 Å². The van der Waals surface area contributed by atoms with Crippen LogP contribution in [0.15, 0.2) is 18.2 Å². The molecule has 0 amide bonds. The third-order valence-electron chi connectivity index (χ3n) is 3.70. The topological polar surface area (TPSA) is 12.0 Å². The average Bonchev–Trinajstić information content (AvgIpc) is 2.25. The Balaban J connectivity index is 2.05. The van der Waals surface area contributed by atoms with Gasteiger partial charge in [-0.05, 0) is 49.3 Å². The van der Waals surface area contributed by atoms with Gasteiger partial charge in [-0.1, -0.05) is 25.4 Å². The molecule has 1 nitrogen and oxygen atoms in total. The zero-order valence-electron chi connectivity index (χ0n) is 10.3. The molecule has 94 valence electrons. The maximum absolute atomic E-state index is 12.9. The monoisotopic (exact) mass is 255 g/mol. The van der Waals surface area contributed by atoms with E-state index in [0.717, 1.165) is 18.0 Å². The number of benzene rings is 1. The lowest BCUT2D eigenvalue weighted by atomic mass is 9.80. The molecule has 17 heavy (non-hydrogen) atoms. The van der Waals surface area contributed by atoms with Gasteiger partial charge in [0.2, 0.25) is 0 Å². The highest BCUT2D eigenvalue weighted by atomic mass is 35.5.